The fourth-order valence-corrected chi connectivity index (χ4v) is 6.27. The Labute approximate surface area is 226 Å². The average molecular weight is 563 g/mol. The molecule has 0 bridgehead atoms. The third kappa shape index (κ3) is 6.00. The zero-order chi connectivity index (χ0) is 28.1. The molecule has 2 saturated carbocycles. The van der Waals surface area contributed by atoms with Gasteiger partial charge in [0.25, 0.3) is 0 Å². The molecule has 0 aromatic rings. The van der Waals surface area contributed by atoms with Crippen LogP contribution in [0.5, 0.6) is 0 Å². The van der Waals surface area contributed by atoms with Crippen molar-refractivity contribution in [1.82, 2.24) is 0 Å². The number of aliphatic carboxylic acids is 1. The van der Waals surface area contributed by atoms with E-state index in [0.717, 1.165) is 25.7 Å². The van der Waals surface area contributed by atoms with Crippen molar-refractivity contribution in [2.24, 2.45) is 11.3 Å². The molecule has 5 rings (SSSR count). The van der Waals surface area contributed by atoms with Gasteiger partial charge in [0.15, 0.2) is 18.7 Å². The first-order chi connectivity index (χ1) is 18.5. The van der Waals surface area contributed by atoms with Crippen LogP contribution in [0.1, 0.15) is 52.4 Å². The summed E-state index contributed by atoms with van der Waals surface area (Å²) < 4.78 is 36.4. The van der Waals surface area contributed by atoms with Crippen LogP contribution in [0, 0.1) is 11.3 Å². The Morgan fingerprint density at radius 3 is 2.31 bits per heavy atom. The summed E-state index contributed by atoms with van der Waals surface area (Å²) in [6, 6.07) is 0. The third-order valence-electron chi connectivity index (χ3n) is 9.04. The molecule has 5 fully saturated rings. The Balaban J connectivity index is 1.35. The summed E-state index contributed by atoms with van der Waals surface area (Å²) in [5, 5.41) is 61.4. The maximum Gasteiger partial charge on any atom is 0.332 e. The number of carbonyl (C=O) groups is 1. The lowest BCUT2D eigenvalue weighted by molar-refractivity contribution is -0.356. The molecule has 0 aromatic carbocycles. The summed E-state index contributed by atoms with van der Waals surface area (Å²) in [6.45, 7) is 3.27. The summed E-state index contributed by atoms with van der Waals surface area (Å²) >= 11 is 0. The van der Waals surface area contributed by atoms with Gasteiger partial charge in [-0.25, -0.2) is 4.79 Å². The van der Waals surface area contributed by atoms with Crippen LogP contribution in [0.3, 0.4) is 0 Å². The number of fused-ring (bicyclic) bond motifs is 1. The van der Waals surface area contributed by atoms with Crippen LogP contribution in [-0.4, -0.2) is 130 Å². The van der Waals surface area contributed by atoms with Crippen molar-refractivity contribution in [3.8, 4) is 0 Å². The number of aliphatic hydroxyl groups excluding tert-OH is 5. The first kappa shape index (κ1) is 29.5. The lowest BCUT2D eigenvalue weighted by Gasteiger charge is -2.48. The van der Waals surface area contributed by atoms with Crippen molar-refractivity contribution in [3.05, 3.63) is 0 Å². The highest BCUT2D eigenvalue weighted by Gasteiger charge is 2.56. The molecule has 6 N–H and O–H groups in total. The largest absolute Gasteiger partial charge is 0.479 e. The highest BCUT2D eigenvalue weighted by Crippen LogP contribution is 2.52. The Hall–Kier alpha value is -0.970. The van der Waals surface area contributed by atoms with Crippen LogP contribution in [-0.2, 0) is 33.2 Å². The number of carboxylic acids is 1. The Morgan fingerprint density at radius 1 is 0.897 bits per heavy atom. The minimum atomic E-state index is -1.47. The predicted octanol–water partition coefficient (Wildman–Crippen LogP) is -1.11. The Kier molecular flexibility index (Phi) is 8.87. The summed E-state index contributed by atoms with van der Waals surface area (Å²) in [5.41, 5.74) is -0.307. The second-order valence-electron chi connectivity index (χ2n) is 12.0. The number of hydrogen-bond donors (Lipinski definition) is 6. The molecule has 0 aromatic heterocycles. The molecule has 0 amide bonds. The van der Waals surface area contributed by atoms with Crippen molar-refractivity contribution in [1.29, 1.82) is 0 Å². The number of aliphatic hydroxyl groups is 5. The van der Waals surface area contributed by atoms with Crippen LogP contribution in [0.25, 0.3) is 0 Å². The van der Waals surface area contributed by atoms with Crippen molar-refractivity contribution < 1.29 is 63.9 Å². The lowest BCUT2D eigenvalue weighted by atomic mass is 9.85. The van der Waals surface area contributed by atoms with Crippen molar-refractivity contribution in [2.45, 2.75) is 132 Å². The molecule has 3 aliphatic heterocycles. The summed E-state index contributed by atoms with van der Waals surface area (Å²) in [6.07, 6.45) is -9.99. The number of hydrogen-bond acceptors (Lipinski definition) is 12. The van der Waals surface area contributed by atoms with E-state index in [4.69, 9.17) is 28.4 Å². The predicted molar refractivity (Wildman–Crippen MR) is 129 cm³/mol. The van der Waals surface area contributed by atoms with Gasteiger partial charge in [-0.2, -0.15) is 0 Å². The van der Waals surface area contributed by atoms with Crippen LogP contribution in [0.15, 0.2) is 0 Å². The zero-order valence-electron chi connectivity index (χ0n) is 22.3. The summed E-state index contributed by atoms with van der Waals surface area (Å²) in [4.78, 5) is 12.0. The SMILES string of the molecule is CC1CCCC(OC2OC(CO)C(O)C3OC(C(=O)O)CC4(CC4)COC23)C1OC1OC(C)C(O)C(O)C1O. The topological polar surface area (TPSA) is 194 Å². The van der Waals surface area contributed by atoms with Gasteiger partial charge in [0, 0.05) is 0 Å². The molecule has 5 aliphatic rings. The highest BCUT2D eigenvalue weighted by molar-refractivity contribution is 5.72. The number of carboxylic acid groups (broad SMARTS) is 1. The van der Waals surface area contributed by atoms with Crippen LogP contribution in [0.2, 0.25) is 0 Å². The van der Waals surface area contributed by atoms with E-state index in [0.29, 0.717) is 6.42 Å². The van der Waals surface area contributed by atoms with E-state index in [9.17, 15) is 35.4 Å². The molecule has 39 heavy (non-hydrogen) atoms. The molecule has 14 unspecified atom stereocenters. The van der Waals surface area contributed by atoms with Crippen LogP contribution < -0.4 is 0 Å². The van der Waals surface area contributed by atoms with E-state index in [1.165, 1.54) is 0 Å². The fraction of sp³-hybridized carbons (Fsp3) is 0.962. The lowest BCUT2D eigenvalue weighted by Crippen LogP contribution is -2.64. The Morgan fingerprint density at radius 2 is 1.64 bits per heavy atom. The number of ether oxygens (including phenoxy) is 6. The maximum absolute atomic E-state index is 12.0. The molecular formula is C26H42O13. The fourth-order valence-electron chi connectivity index (χ4n) is 6.27. The number of rotatable bonds is 6. The van der Waals surface area contributed by atoms with E-state index >= 15 is 0 Å². The van der Waals surface area contributed by atoms with Gasteiger partial charge < -0.3 is 59.1 Å². The van der Waals surface area contributed by atoms with E-state index in [2.05, 4.69) is 0 Å². The van der Waals surface area contributed by atoms with E-state index in [1.54, 1.807) is 6.92 Å². The van der Waals surface area contributed by atoms with Gasteiger partial charge in [0.05, 0.1) is 31.5 Å². The van der Waals surface area contributed by atoms with E-state index < -0.39 is 92.3 Å². The van der Waals surface area contributed by atoms with Crippen molar-refractivity contribution >= 4 is 5.97 Å². The van der Waals surface area contributed by atoms with Crippen LogP contribution in [0.4, 0.5) is 0 Å². The van der Waals surface area contributed by atoms with Gasteiger partial charge >= 0.3 is 5.97 Å². The second kappa shape index (κ2) is 11.7. The van der Waals surface area contributed by atoms with Gasteiger partial charge in [0.1, 0.15) is 42.7 Å². The molecule has 13 heteroatoms. The molecule has 2 aliphatic carbocycles. The second-order valence-corrected chi connectivity index (χ2v) is 12.0. The minimum Gasteiger partial charge on any atom is -0.479 e. The maximum atomic E-state index is 12.0. The first-order valence-electron chi connectivity index (χ1n) is 14.0. The van der Waals surface area contributed by atoms with Crippen molar-refractivity contribution in [2.75, 3.05) is 13.2 Å². The molecule has 1 spiro atoms. The monoisotopic (exact) mass is 562 g/mol. The van der Waals surface area contributed by atoms with Gasteiger partial charge in [-0.3, -0.25) is 0 Å². The molecule has 13 nitrogen and oxygen atoms in total. The zero-order valence-corrected chi connectivity index (χ0v) is 22.3. The molecular weight excluding hydrogens is 520 g/mol. The van der Waals surface area contributed by atoms with Gasteiger partial charge in [0.2, 0.25) is 0 Å². The highest BCUT2D eigenvalue weighted by atomic mass is 16.7. The van der Waals surface area contributed by atoms with E-state index in [-0.39, 0.29) is 24.4 Å². The normalized spacial score (nSPS) is 50.0. The van der Waals surface area contributed by atoms with Crippen LogP contribution >= 0.6 is 0 Å². The standard InChI is InChI=1S/C26H42O13/c1-11-4-3-5-13(20(11)39-24-19(31)18(30)16(28)12(2)35-24)37-25-22-21(17(29)15(9-27)38-25)36-14(23(32)33)8-26(6-7-26)10-34-22/h11-22,24-25,27-31H,3-10H2,1-2H3,(H,32,33). The quantitative estimate of drug-likeness (QED) is 0.228. The molecule has 3 saturated heterocycles. The van der Waals surface area contributed by atoms with Gasteiger partial charge in [-0.1, -0.05) is 13.3 Å². The summed E-state index contributed by atoms with van der Waals surface area (Å²) in [7, 11) is 0. The first-order valence-corrected chi connectivity index (χ1v) is 14.0. The minimum absolute atomic E-state index is 0.0295. The smallest absolute Gasteiger partial charge is 0.332 e. The van der Waals surface area contributed by atoms with Gasteiger partial charge in [-0.15, -0.1) is 0 Å². The molecule has 0 radical (unpaired) electrons. The average Bonchev–Trinajstić information content (AvgIpc) is 3.66. The molecule has 14 atom stereocenters. The molecule has 3 heterocycles. The molecule has 224 valence electrons. The Bertz CT molecular complexity index is 854. The third-order valence-corrected chi connectivity index (χ3v) is 9.04. The summed E-state index contributed by atoms with van der Waals surface area (Å²) in [5.74, 6) is -1.15. The van der Waals surface area contributed by atoms with E-state index in [1.807, 2.05) is 6.92 Å². The van der Waals surface area contributed by atoms with Crippen molar-refractivity contribution in [3.63, 3.8) is 0 Å². The van der Waals surface area contributed by atoms with Gasteiger partial charge in [-0.05, 0) is 50.4 Å².